The second kappa shape index (κ2) is 11.7. The molecule has 0 spiro atoms. The Morgan fingerprint density at radius 1 is 0.241 bits per heavy atom. The molecule has 0 nitrogen and oxygen atoms in total. The van der Waals surface area contributed by atoms with E-state index in [4.69, 9.17) is 0 Å². The number of hydrogen-bond donors (Lipinski definition) is 0. The molecule has 0 bridgehead atoms. The zero-order valence-electron chi connectivity index (χ0n) is 29.1. The Morgan fingerprint density at radius 3 is 1.17 bits per heavy atom. The Labute approximate surface area is 322 Å². The first kappa shape index (κ1) is 30.4. The maximum Gasteiger partial charge on any atom is 0.0207 e. The van der Waals surface area contributed by atoms with Gasteiger partial charge in [0, 0.05) is 30.4 Å². The Bertz CT molecular complexity index is 3020. The van der Waals surface area contributed by atoms with Crippen molar-refractivity contribution in [3.8, 4) is 55.6 Å². The molecule has 10 aromatic carbocycles. The number of fused-ring (bicyclic) bond motifs is 6. The van der Waals surface area contributed by atoms with Crippen molar-refractivity contribution in [1.29, 1.82) is 0 Å². The minimum Gasteiger partial charge on any atom is -0.0888 e. The summed E-state index contributed by atoms with van der Waals surface area (Å²) in [5.41, 5.74) is 12.9. The molecule has 0 amide bonds. The lowest BCUT2D eigenvalue weighted by Gasteiger charge is -2.23. The predicted octanol–water partition coefficient (Wildman–Crippen LogP) is 15.6. The lowest BCUT2D eigenvalue weighted by molar-refractivity contribution is 1.40. The predicted molar refractivity (Wildman–Crippen MR) is 232 cm³/mol. The second-order valence-electron chi connectivity index (χ2n) is 14.3. The highest BCUT2D eigenvalue weighted by molar-refractivity contribution is 8.00. The van der Waals surface area contributed by atoms with Gasteiger partial charge in [0.2, 0.25) is 0 Å². The van der Waals surface area contributed by atoms with E-state index in [0.29, 0.717) is 0 Å². The van der Waals surface area contributed by atoms with Crippen molar-refractivity contribution in [2.45, 2.75) is 19.6 Å². The van der Waals surface area contributed by atoms with Crippen LogP contribution in [0.1, 0.15) is 0 Å². The molecular formula is C52H30S2. The molecule has 2 aliphatic rings. The van der Waals surface area contributed by atoms with E-state index >= 15 is 0 Å². The molecule has 2 heterocycles. The summed E-state index contributed by atoms with van der Waals surface area (Å²) in [6, 6.07) is 68.0. The van der Waals surface area contributed by atoms with Crippen LogP contribution in [0.25, 0.3) is 98.7 Å². The fourth-order valence-corrected chi connectivity index (χ4v) is 11.5. The van der Waals surface area contributed by atoms with Gasteiger partial charge in [-0.25, -0.2) is 0 Å². The van der Waals surface area contributed by atoms with Crippen molar-refractivity contribution in [2.75, 3.05) is 0 Å². The summed E-state index contributed by atoms with van der Waals surface area (Å²) < 4.78 is 0. The summed E-state index contributed by atoms with van der Waals surface area (Å²) in [6.07, 6.45) is 0. The van der Waals surface area contributed by atoms with Crippen LogP contribution in [0, 0.1) is 0 Å². The summed E-state index contributed by atoms with van der Waals surface area (Å²) in [4.78, 5) is 5.29. The number of rotatable bonds is 3. The first-order valence-electron chi connectivity index (χ1n) is 18.5. The summed E-state index contributed by atoms with van der Waals surface area (Å²) in [5.74, 6) is 0. The first-order valence-corrected chi connectivity index (χ1v) is 20.1. The monoisotopic (exact) mass is 718 g/mol. The van der Waals surface area contributed by atoms with Crippen molar-refractivity contribution >= 4 is 66.6 Å². The zero-order chi connectivity index (χ0) is 35.3. The Morgan fingerprint density at radius 2 is 0.630 bits per heavy atom. The molecule has 250 valence electrons. The fraction of sp³-hybridized carbons (Fsp3) is 0. The Hall–Kier alpha value is -6.06. The van der Waals surface area contributed by atoms with Crippen LogP contribution in [0.5, 0.6) is 0 Å². The van der Waals surface area contributed by atoms with Crippen LogP contribution in [-0.4, -0.2) is 0 Å². The van der Waals surface area contributed by atoms with Crippen molar-refractivity contribution in [2.24, 2.45) is 0 Å². The van der Waals surface area contributed by atoms with Crippen molar-refractivity contribution in [3.63, 3.8) is 0 Å². The normalized spacial score (nSPS) is 12.7. The van der Waals surface area contributed by atoms with E-state index in [0.717, 1.165) is 0 Å². The highest BCUT2D eigenvalue weighted by Crippen LogP contribution is 2.53. The standard InChI is InChI=1S/C52H30S2/c1-2-12-31(13-3-1)50-40-18-8-16-32(34-26-28-42-36-14-4-6-22-46(36)53-48-24-10-20-38(34)51(42)48)44(40)30-45-33(17-9-19-41(45)50)35-27-29-43-37-15-5-7-23-47(37)54-49-25-11-21-39(35)52(43)49/h1-30H. The highest BCUT2D eigenvalue weighted by atomic mass is 32.2. The lowest BCUT2D eigenvalue weighted by Crippen LogP contribution is -1.95. The van der Waals surface area contributed by atoms with E-state index in [1.165, 1.54) is 118 Å². The van der Waals surface area contributed by atoms with Gasteiger partial charge in [0.05, 0.1) is 0 Å². The SMILES string of the molecule is c1ccc(-c2c3cccc(-c4ccc5c6c(cccc46)Sc4ccccc4-5)c3cc3c(-c4ccc5c6c(cccc46)Sc4ccccc4-5)cccc23)cc1. The average molecular weight is 719 g/mol. The van der Waals surface area contributed by atoms with Gasteiger partial charge in [-0.1, -0.05) is 175 Å². The molecule has 2 aliphatic heterocycles. The van der Waals surface area contributed by atoms with Gasteiger partial charge >= 0.3 is 0 Å². The third-order valence-electron chi connectivity index (χ3n) is 11.5. The molecule has 0 aromatic heterocycles. The topological polar surface area (TPSA) is 0 Å². The van der Waals surface area contributed by atoms with Crippen LogP contribution in [0.4, 0.5) is 0 Å². The van der Waals surface area contributed by atoms with E-state index in [-0.39, 0.29) is 0 Å². The second-order valence-corrected chi connectivity index (χ2v) is 16.5. The van der Waals surface area contributed by atoms with Gasteiger partial charge in [-0.3, -0.25) is 0 Å². The molecule has 54 heavy (non-hydrogen) atoms. The highest BCUT2D eigenvalue weighted by Gasteiger charge is 2.24. The molecule has 0 radical (unpaired) electrons. The summed E-state index contributed by atoms with van der Waals surface area (Å²) in [5, 5.41) is 10.4. The van der Waals surface area contributed by atoms with Gasteiger partial charge in [0.1, 0.15) is 0 Å². The van der Waals surface area contributed by atoms with Crippen LogP contribution in [0.15, 0.2) is 202 Å². The molecular weight excluding hydrogens is 689 g/mol. The number of hydrogen-bond acceptors (Lipinski definition) is 2. The van der Waals surface area contributed by atoms with Crippen molar-refractivity contribution in [3.05, 3.63) is 182 Å². The van der Waals surface area contributed by atoms with Crippen LogP contribution in [0.2, 0.25) is 0 Å². The van der Waals surface area contributed by atoms with E-state index in [2.05, 4.69) is 182 Å². The molecule has 0 N–H and O–H groups in total. The molecule has 12 rings (SSSR count). The molecule has 0 unspecified atom stereocenters. The summed E-state index contributed by atoms with van der Waals surface area (Å²) >= 11 is 3.77. The van der Waals surface area contributed by atoms with Crippen LogP contribution >= 0.6 is 23.5 Å². The Kier molecular flexibility index (Phi) is 6.60. The van der Waals surface area contributed by atoms with Crippen LogP contribution < -0.4 is 0 Å². The van der Waals surface area contributed by atoms with E-state index < -0.39 is 0 Å². The quantitative estimate of drug-likeness (QED) is 0.167. The van der Waals surface area contributed by atoms with Gasteiger partial charge < -0.3 is 0 Å². The number of benzene rings is 10. The Balaban J connectivity index is 1.17. The van der Waals surface area contributed by atoms with Crippen molar-refractivity contribution < 1.29 is 0 Å². The molecule has 0 saturated heterocycles. The minimum atomic E-state index is 1.23. The smallest absolute Gasteiger partial charge is 0.0207 e. The molecule has 0 fully saturated rings. The minimum absolute atomic E-state index is 1.23. The maximum atomic E-state index is 2.49. The zero-order valence-corrected chi connectivity index (χ0v) is 30.8. The largest absolute Gasteiger partial charge is 0.0888 e. The van der Waals surface area contributed by atoms with Crippen molar-refractivity contribution in [1.82, 2.24) is 0 Å². The molecule has 10 aromatic rings. The van der Waals surface area contributed by atoms with Crippen LogP contribution in [0.3, 0.4) is 0 Å². The molecule has 0 aliphatic carbocycles. The molecule has 0 saturated carbocycles. The molecule has 0 atom stereocenters. The van der Waals surface area contributed by atoms with Crippen LogP contribution in [-0.2, 0) is 0 Å². The molecule has 2 heteroatoms. The van der Waals surface area contributed by atoms with E-state index in [1.807, 2.05) is 23.5 Å². The summed E-state index contributed by atoms with van der Waals surface area (Å²) in [7, 11) is 0. The van der Waals surface area contributed by atoms with E-state index in [1.54, 1.807) is 0 Å². The summed E-state index contributed by atoms with van der Waals surface area (Å²) in [6.45, 7) is 0. The van der Waals surface area contributed by atoms with Gasteiger partial charge in [-0.15, -0.1) is 0 Å². The van der Waals surface area contributed by atoms with Gasteiger partial charge in [0.25, 0.3) is 0 Å². The third-order valence-corrected chi connectivity index (χ3v) is 13.8. The van der Waals surface area contributed by atoms with E-state index in [9.17, 15) is 0 Å². The van der Waals surface area contributed by atoms with Gasteiger partial charge in [-0.2, -0.15) is 0 Å². The lowest BCUT2D eigenvalue weighted by atomic mass is 9.84. The average Bonchev–Trinajstić information content (AvgIpc) is 3.23. The fourth-order valence-electron chi connectivity index (χ4n) is 9.18. The first-order chi connectivity index (χ1) is 26.8. The van der Waals surface area contributed by atoms with Gasteiger partial charge in [0.15, 0.2) is 0 Å². The maximum absolute atomic E-state index is 2.49. The van der Waals surface area contributed by atoms with Gasteiger partial charge in [-0.05, 0) is 118 Å². The third kappa shape index (κ3) is 4.36.